The first-order chi connectivity index (χ1) is 20.3. The molecule has 2 heterocycles. The minimum atomic E-state index is -5.06. The molecule has 2 aliphatic rings. The van der Waals surface area contributed by atoms with Crippen molar-refractivity contribution in [3.8, 4) is 11.8 Å². The van der Waals surface area contributed by atoms with E-state index < -0.39 is 47.7 Å². The fourth-order valence-corrected chi connectivity index (χ4v) is 5.32. The van der Waals surface area contributed by atoms with Gasteiger partial charge in [-0.15, -0.1) is 0 Å². The monoisotopic (exact) mass is 613 g/mol. The van der Waals surface area contributed by atoms with Crippen LogP contribution in [0.1, 0.15) is 38.2 Å². The van der Waals surface area contributed by atoms with Crippen LogP contribution in [0.15, 0.2) is 36.4 Å². The Hall–Kier alpha value is -3.14. The maximum Gasteiger partial charge on any atom is 0.416 e. The molecule has 4 rings (SSSR count). The highest BCUT2D eigenvalue weighted by Crippen LogP contribution is 2.37. The zero-order valence-electron chi connectivity index (χ0n) is 24.0. The molecule has 0 N–H and O–H groups in total. The van der Waals surface area contributed by atoms with E-state index in [1.807, 2.05) is 41.8 Å². The average molecular weight is 614 g/mol. The van der Waals surface area contributed by atoms with Crippen LogP contribution in [0, 0.1) is 25.7 Å². The molecule has 2 aromatic carbocycles. The molecule has 43 heavy (non-hydrogen) atoms. The van der Waals surface area contributed by atoms with Gasteiger partial charge in [0.1, 0.15) is 6.67 Å². The fourth-order valence-electron chi connectivity index (χ4n) is 5.32. The van der Waals surface area contributed by atoms with Crippen LogP contribution in [-0.4, -0.2) is 91.8 Å². The van der Waals surface area contributed by atoms with Gasteiger partial charge in [0.05, 0.1) is 43.5 Å². The Labute approximate surface area is 246 Å². The standard InChI is InChI=1S/C31H34F7N3O2/c1-21-5-6-23(13-22(21)2)14-27-19-39(7-3-4-8-40-11-12-43-20-28(40)18-32)9-10-41(27)29(42)24-15-25(30(33,34)35)17-26(16-24)31(36,37)38/h5-6,13,15-17,27-28H,7-12,14,18-20H2,1-2H3/t27-,28+/m1/s1. The Balaban J connectivity index is 1.56. The number of aryl methyl sites for hydroxylation is 2. The summed E-state index contributed by atoms with van der Waals surface area (Å²) in [6.07, 6.45) is -9.76. The molecule has 0 saturated carbocycles. The van der Waals surface area contributed by atoms with Crippen LogP contribution in [0.3, 0.4) is 0 Å². The van der Waals surface area contributed by atoms with E-state index in [2.05, 4.69) is 11.8 Å². The minimum absolute atomic E-state index is 0.0205. The van der Waals surface area contributed by atoms with Gasteiger partial charge in [-0.3, -0.25) is 14.6 Å². The molecule has 0 aromatic heterocycles. The maximum absolute atomic E-state index is 13.6. The van der Waals surface area contributed by atoms with Gasteiger partial charge in [-0.05, 0) is 55.2 Å². The summed E-state index contributed by atoms with van der Waals surface area (Å²) in [5.41, 5.74) is -0.731. The lowest BCUT2D eigenvalue weighted by molar-refractivity contribution is -0.143. The molecule has 0 bridgehead atoms. The summed E-state index contributed by atoms with van der Waals surface area (Å²) in [6.45, 7) is 6.22. The lowest BCUT2D eigenvalue weighted by Gasteiger charge is -2.41. The molecular formula is C31H34F7N3O2. The molecule has 2 aromatic rings. The number of hydrogen-bond donors (Lipinski definition) is 0. The molecule has 0 radical (unpaired) electrons. The van der Waals surface area contributed by atoms with E-state index in [-0.39, 0.29) is 18.7 Å². The van der Waals surface area contributed by atoms with Gasteiger partial charge in [-0.2, -0.15) is 26.3 Å². The first-order valence-corrected chi connectivity index (χ1v) is 14.0. The summed E-state index contributed by atoms with van der Waals surface area (Å²) in [5, 5.41) is 0. The molecule has 0 spiro atoms. The lowest BCUT2D eigenvalue weighted by Crippen LogP contribution is -2.56. The summed E-state index contributed by atoms with van der Waals surface area (Å²) in [7, 11) is 0. The lowest BCUT2D eigenvalue weighted by atomic mass is 9.97. The number of amides is 1. The van der Waals surface area contributed by atoms with E-state index in [0.29, 0.717) is 64.5 Å². The number of benzene rings is 2. The summed E-state index contributed by atoms with van der Waals surface area (Å²) in [5.74, 6) is 5.27. The van der Waals surface area contributed by atoms with Gasteiger partial charge >= 0.3 is 12.4 Å². The Morgan fingerprint density at radius 3 is 2.19 bits per heavy atom. The van der Waals surface area contributed by atoms with Crippen molar-refractivity contribution in [2.75, 3.05) is 59.2 Å². The molecule has 2 aliphatic heterocycles. The molecule has 2 saturated heterocycles. The second-order valence-corrected chi connectivity index (χ2v) is 11.0. The number of nitrogens with zero attached hydrogens (tertiary/aromatic N) is 3. The second kappa shape index (κ2) is 13.7. The van der Waals surface area contributed by atoms with Crippen LogP contribution in [0.25, 0.3) is 0 Å². The van der Waals surface area contributed by atoms with Crippen LogP contribution in [0.5, 0.6) is 0 Å². The topological polar surface area (TPSA) is 36.0 Å². The number of carbonyl (C=O) groups excluding carboxylic acids is 1. The normalized spacial score (nSPS) is 20.5. The third-order valence-electron chi connectivity index (χ3n) is 7.94. The Morgan fingerprint density at radius 2 is 1.56 bits per heavy atom. The van der Waals surface area contributed by atoms with Crippen molar-refractivity contribution < 1.29 is 40.3 Å². The molecule has 0 unspecified atom stereocenters. The molecule has 1 amide bonds. The Kier molecular flexibility index (Phi) is 10.4. The van der Waals surface area contributed by atoms with Gasteiger partial charge < -0.3 is 9.64 Å². The number of hydrogen-bond acceptors (Lipinski definition) is 4. The molecule has 2 atom stereocenters. The van der Waals surface area contributed by atoms with Gasteiger partial charge in [-0.25, -0.2) is 4.39 Å². The van der Waals surface area contributed by atoms with E-state index in [0.717, 1.165) is 16.7 Å². The first kappa shape index (κ1) is 32.8. The molecule has 12 heteroatoms. The molecular weight excluding hydrogens is 579 g/mol. The number of ether oxygens (including phenoxy) is 1. The van der Waals surface area contributed by atoms with Crippen molar-refractivity contribution in [2.45, 2.75) is 44.7 Å². The predicted octanol–water partition coefficient (Wildman–Crippen LogP) is 5.38. The number of halogens is 7. The van der Waals surface area contributed by atoms with E-state index in [1.165, 1.54) is 4.90 Å². The summed E-state index contributed by atoms with van der Waals surface area (Å²) >= 11 is 0. The molecule has 5 nitrogen and oxygen atoms in total. The quantitative estimate of drug-likeness (QED) is 0.324. The van der Waals surface area contributed by atoms with Gasteiger partial charge in [0.15, 0.2) is 0 Å². The first-order valence-electron chi connectivity index (χ1n) is 14.0. The number of carbonyl (C=O) groups is 1. The number of alkyl halides is 7. The van der Waals surface area contributed by atoms with E-state index in [9.17, 15) is 35.5 Å². The number of rotatable bonds is 6. The molecule has 0 aliphatic carbocycles. The number of piperazine rings is 1. The van der Waals surface area contributed by atoms with E-state index >= 15 is 0 Å². The van der Waals surface area contributed by atoms with Gasteiger partial charge in [0.25, 0.3) is 5.91 Å². The fraction of sp³-hybridized carbons (Fsp3) is 0.516. The molecule has 234 valence electrons. The van der Waals surface area contributed by atoms with E-state index in [4.69, 9.17) is 4.74 Å². The van der Waals surface area contributed by atoms with Crippen LogP contribution in [0.2, 0.25) is 0 Å². The highest BCUT2D eigenvalue weighted by atomic mass is 19.4. The Morgan fingerprint density at radius 1 is 0.884 bits per heavy atom. The van der Waals surface area contributed by atoms with Crippen LogP contribution < -0.4 is 0 Å². The zero-order valence-corrected chi connectivity index (χ0v) is 24.0. The average Bonchev–Trinajstić information content (AvgIpc) is 2.96. The van der Waals surface area contributed by atoms with Crippen LogP contribution in [-0.2, 0) is 23.5 Å². The maximum atomic E-state index is 13.6. The SMILES string of the molecule is Cc1ccc(C[C@@H]2CN(CC#CCN3CCOC[C@@H]3CF)CCN2C(=O)c2cc(C(F)(F)F)cc(C(F)(F)F)c2)cc1C. The second-order valence-electron chi connectivity index (χ2n) is 11.0. The van der Waals surface area contributed by atoms with Crippen molar-refractivity contribution in [3.05, 3.63) is 69.8 Å². The van der Waals surface area contributed by atoms with Gasteiger partial charge in [0.2, 0.25) is 0 Å². The minimum Gasteiger partial charge on any atom is -0.378 e. The van der Waals surface area contributed by atoms with Gasteiger partial charge in [-0.1, -0.05) is 30.0 Å². The third kappa shape index (κ3) is 8.49. The highest BCUT2D eigenvalue weighted by molar-refractivity contribution is 5.95. The summed E-state index contributed by atoms with van der Waals surface area (Å²) in [4.78, 5) is 18.9. The van der Waals surface area contributed by atoms with Crippen molar-refractivity contribution in [3.63, 3.8) is 0 Å². The van der Waals surface area contributed by atoms with Crippen molar-refractivity contribution in [1.82, 2.24) is 14.7 Å². The highest BCUT2D eigenvalue weighted by Gasteiger charge is 2.39. The smallest absolute Gasteiger partial charge is 0.378 e. The largest absolute Gasteiger partial charge is 0.416 e. The Bertz CT molecular complexity index is 1320. The van der Waals surface area contributed by atoms with Crippen molar-refractivity contribution in [1.29, 1.82) is 0 Å². The van der Waals surface area contributed by atoms with Crippen LogP contribution in [0.4, 0.5) is 30.7 Å². The van der Waals surface area contributed by atoms with Crippen LogP contribution >= 0.6 is 0 Å². The zero-order chi connectivity index (χ0) is 31.4. The number of morpholine rings is 1. The van der Waals surface area contributed by atoms with Gasteiger partial charge in [0, 0.05) is 37.8 Å². The molecule has 2 fully saturated rings. The van der Waals surface area contributed by atoms with Crippen molar-refractivity contribution in [2.24, 2.45) is 0 Å². The summed E-state index contributed by atoms with van der Waals surface area (Å²) in [6, 6.07) is 5.93. The van der Waals surface area contributed by atoms with E-state index in [1.54, 1.807) is 0 Å². The predicted molar refractivity (Wildman–Crippen MR) is 147 cm³/mol. The summed E-state index contributed by atoms with van der Waals surface area (Å²) < 4.78 is 99.5. The van der Waals surface area contributed by atoms with Crippen molar-refractivity contribution >= 4 is 5.91 Å². The third-order valence-corrected chi connectivity index (χ3v) is 7.94.